The average molecular weight is 360 g/mol. The monoisotopic (exact) mass is 360 g/mol. The zero-order valence-corrected chi connectivity index (χ0v) is 15.0. The van der Waals surface area contributed by atoms with Crippen LogP contribution in [0.1, 0.15) is 25.3 Å². The first-order valence-corrected chi connectivity index (χ1v) is 9.41. The Morgan fingerprint density at radius 3 is 2.71 bits per heavy atom. The van der Waals surface area contributed by atoms with Gasteiger partial charge in [0.05, 0.1) is 16.0 Å². The number of thioether (sulfide) groups is 1. The summed E-state index contributed by atoms with van der Waals surface area (Å²) < 4.78 is 13.9. The van der Waals surface area contributed by atoms with E-state index in [0.29, 0.717) is 11.0 Å². The van der Waals surface area contributed by atoms with E-state index in [9.17, 15) is 9.18 Å². The first-order valence-electron chi connectivity index (χ1n) is 7.60. The molecular formula is C18H17FN2OS2. The fraction of sp³-hybridized carbons (Fsp3) is 0.222. The number of carbonyl (C=O) groups excluding carboxylic acids is 1. The number of halogens is 1. The summed E-state index contributed by atoms with van der Waals surface area (Å²) in [6, 6.07) is 12.2. The lowest BCUT2D eigenvalue weighted by molar-refractivity contribution is -0.113. The summed E-state index contributed by atoms with van der Waals surface area (Å²) in [5, 5.41) is 3.47. The molecule has 3 aromatic rings. The molecule has 0 bridgehead atoms. The highest BCUT2D eigenvalue weighted by Gasteiger charge is 2.12. The Kier molecular flexibility index (Phi) is 5.16. The SMILES string of the molecule is CC(C)c1cccc2sc(NC(=O)CSc3ccc(F)cc3)nc12. The van der Waals surface area contributed by atoms with Crippen LogP contribution >= 0.6 is 23.1 Å². The van der Waals surface area contributed by atoms with Gasteiger partial charge in [0.25, 0.3) is 0 Å². The van der Waals surface area contributed by atoms with Gasteiger partial charge in [0.15, 0.2) is 5.13 Å². The minimum Gasteiger partial charge on any atom is -0.301 e. The summed E-state index contributed by atoms with van der Waals surface area (Å²) in [5.41, 5.74) is 2.14. The zero-order valence-electron chi connectivity index (χ0n) is 13.4. The lowest BCUT2D eigenvalue weighted by Crippen LogP contribution is -2.13. The van der Waals surface area contributed by atoms with E-state index < -0.39 is 0 Å². The second-order valence-corrected chi connectivity index (χ2v) is 7.74. The number of fused-ring (bicyclic) bond motifs is 1. The number of nitrogens with one attached hydrogen (secondary N) is 1. The van der Waals surface area contributed by atoms with Crippen molar-refractivity contribution in [2.24, 2.45) is 0 Å². The number of amides is 1. The predicted octanol–water partition coefficient (Wildman–Crippen LogP) is 5.29. The van der Waals surface area contributed by atoms with Crippen molar-refractivity contribution in [3.63, 3.8) is 0 Å². The average Bonchev–Trinajstić information content (AvgIpc) is 2.96. The van der Waals surface area contributed by atoms with Crippen molar-refractivity contribution < 1.29 is 9.18 Å². The van der Waals surface area contributed by atoms with Crippen molar-refractivity contribution >= 4 is 44.4 Å². The van der Waals surface area contributed by atoms with Crippen molar-refractivity contribution in [2.75, 3.05) is 11.1 Å². The molecule has 1 N–H and O–H groups in total. The summed E-state index contributed by atoms with van der Waals surface area (Å²) in [6.07, 6.45) is 0. The number of aromatic nitrogens is 1. The third kappa shape index (κ3) is 3.94. The molecule has 0 saturated heterocycles. The van der Waals surface area contributed by atoms with E-state index in [4.69, 9.17) is 0 Å². The first-order chi connectivity index (χ1) is 11.5. The topological polar surface area (TPSA) is 42.0 Å². The van der Waals surface area contributed by atoms with Crippen LogP contribution in [0.5, 0.6) is 0 Å². The Bertz CT molecular complexity index is 859. The van der Waals surface area contributed by atoms with Gasteiger partial charge in [-0.15, -0.1) is 11.8 Å². The second kappa shape index (κ2) is 7.32. The number of para-hydroxylation sites is 1. The maximum Gasteiger partial charge on any atom is 0.236 e. The second-order valence-electron chi connectivity index (χ2n) is 5.66. The molecule has 0 aliphatic heterocycles. The summed E-state index contributed by atoms with van der Waals surface area (Å²) in [4.78, 5) is 17.5. The highest BCUT2D eigenvalue weighted by molar-refractivity contribution is 8.00. The number of hydrogen-bond acceptors (Lipinski definition) is 4. The fourth-order valence-corrected chi connectivity index (χ4v) is 3.94. The molecule has 0 saturated carbocycles. The number of anilines is 1. The van der Waals surface area contributed by atoms with Crippen LogP contribution in [-0.2, 0) is 4.79 Å². The van der Waals surface area contributed by atoms with Gasteiger partial charge in [-0.1, -0.05) is 37.3 Å². The van der Waals surface area contributed by atoms with Crippen LogP contribution < -0.4 is 5.32 Å². The maximum atomic E-state index is 12.9. The minimum absolute atomic E-state index is 0.116. The van der Waals surface area contributed by atoms with Crippen LogP contribution in [0.25, 0.3) is 10.2 Å². The van der Waals surface area contributed by atoms with Gasteiger partial charge in [-0.25, -0.2) is 9.37 Å². The quantitative estimate of drug-likeness (QED) is 0.629. The van der Waals surface area contributed by atoms with E-state index in [1.807, 2.05) is 12.1 Å². The molecule has 0 unspecified atom stereocenters. The van der Waals surface area contributed by atoms with E-state index in [1.54, 1.807) is 12.1 Å². The third-order valence-electron chi connectivity index (χ3n) is 3.50. The van der Waals surface area contributed by atoms with E-state index >= 15 is 0 Å². The number of hydrogen-bond donors (Lipinski definition) is 1. The Hall–Kier alpha value is -1.92. The number of carbonyl (C=O) groups is 1. The van der Waals surface area contributed by atoms with Crippen molar-refractivity contribution in [1.29, 1.82) is 0 Å². The largest absolute Gasteiger partial charge is 0.301 e. The lowest BCUT2D eigenvalue weighted by Gasteiger charge is -2.04. The molecule has 3 nitrogen and oxygen atoms in total. The number of nitrogens with zero attached hydrogens (tertiary/aromatic N) is 1. The van der Waals surface area contributed by atoms with Crippen molar-refractivity contribution in [1.82, 2.24) is 4.98 Å². The highest BCUT2D eigenvalue weighted by Crippen LogP contribution is 2.31. The van der Waals surface area contributed by atoms with Crippen LogP contribution in [-0.4, -0.2) is 16.6 Å². The Morgan fingerprint density at radius 2 is 2.00 bits per heavy atom. The van der Waals surface area contributed by atoms with Gasteiger partial charge in [0.2, 0.25) is 5.91 Å². The molecule has 1 aromatic heterocycles. The molecular weight excluding hydrogens is 343 g/mol. The number of rotatable bonds is 5. The molecule has 0 spiro atoms. The summed E-state index contributed by atoms with van der Waals surface area (Å²) in [7, 11) is 0. The van der Waals surface area contributed by atoms with Gasteiger partial charge >= 0.3 is 0 Å². The molecule has 0 fully saturated rings. The van der Waals surface area contributed by atoms with Gasteiger partial charge in [0.1, 0.15) is 5.82 Å². The molecule has 0 aliphatic rings. The van der Waals surface area contributed by atoms with E-state index in [1.165, 1.54) is 40.8 Å². The first kappa shape index (κ1) is 16.9. The van der Waals surface area contributed by atoms with Crippen LogP contribution in [0.4, 0.5) is 9.52 Å². The molecule has 6 heteroatoms. The standard InChI is InChI=1S/C18H17FN2OS2/c1-11(2)14-4-3-5-15-17(14)21-18(24-15)20-16(22)10-23-13-8-6-12(19)7-9-13/h3-9,11H,10H2,1-2H3,(H,20,21,22). The smallest absolute Gasteiger partial charge is 0.236 e. The number of benzene rings is 2. The van der Waals surface area contributed by atoms with Crippen LogP contribution in [0.15, 0.2) is 47.4 Å². The zero-order chi connectivity index (χ0) is 17.1. The van der Waals surface area contributed by atoms with Crippen LogP contribution in [0.2, 0.25) is 0 Å². The van der Waals surface area contributed by atoms with Gasteiger partial charge in [-0.3, -0.25) is 4.79 Å². The molecule has 1 amide bonds. The van der Waals surface area contributed by atoms with Crippen LogP contribution in [0, 0.1) is 5.82 Å². The third-order valence-corrected chi connectivity index (χ3v) is 5.45. The lowest BCUT2D eigenvalue weighted by atomic mass is 10.0. The normalized spacial score (nSPS) is 11.2. The molecule has 1 heterocycles. The van der Waals surface area contributed by atoms with Crippen molar-refractivity contribution in [3.05, 3.63) is 53.8 Å². The van der Waals surface area contributed by atoms with E-state index in [-0.39, 0.29) is 17.5 Å². The van der Waals surface area contributed by atoms with E-state index in [0.717, 1.165) is 15.1 Å². The highest BCUT2D eigenvalue weighted by atomic mass is 32.2. The molecule has 0 atom stereocenters. The Balaban J connectivity index is 1.67. The Labute approximate surface area is 148 Å². The molecule has 0 radical (unpaired) electrons. The maximum absolute atomic E-state index is 12.9. The summed E-state index contributed by atoms with van der Waals surface area (Å²) in [5.74, 6) is 0.251. The van der Waals surface area contributed by atoms with Crippen molar-refractivity contribution in [3.8, 4) is 0 Å². The number of thiazole rings is 1. The molecule has 2 aromatic carbocycles. The van der Waals surface area contributed by atoms with Gasteiger partial charge in [0, 0.05) is 4.90 Å². The molecule has 124 valence electrons. The van der Waals surface area contributed by atoms with Crippen LogP contribution in [0.3, 0.4) is 0 Å². The fourth-order valence-electron chi connectivity index (χ4n) is 2.32. The Morgan fingerprint density at radius 1 is 1.25 bits per heavy atom. The van der Waals surface area contributed by atoms with Gasteiger partial charge in [-0.05, 0) is 41.8 Å². The van der Waals surface area contributed by atoms with Gasteiger partial charge in [-0.2, -0.15) is 0 Å². The molecule has 24 heavy (non-hydrogen) atoms. The minimum atomic E-state index is -0.278. The molecule has 3 rings (SSSR count). The van der Waals surface area contributed by atoms with Gasteiger partial charge < -0.3 is 5.32 Å². The molecule has 0 aliphatic carbocycles. The van der Waals surface area contributed by atoms with Crippen molar-refractivity contribution in [2.45, 2.75) is 24.7 Å². The summed E-state index contributed by atoms with van der Waals surface area (Å²) in [6.45, 7) is 4.26. The van der Waals surface area contributed by atoms with E-state index in [2.05, 4.69) is 30.2 Å². The summed E-state index contributed by atoms with van der Waals surface area (Å²) >= 11 is 2.85. The predicted molar refractivity (Wildman–Crippen MR) is 99.5 cm³/mol.